The summed E-state index contributed by atoms with van der Waals surface area (Å²) in [7, 11) is 0. The van der Waals surface area contributed by atoms with Crippen molar-refractivity contribution >= 4 is 11.6 Å². The highest BCUT2D eigenvalue weighted by molar-refractivity contribution is 6.02. The number of ketones is 2. The standard InChI is InChI=1S/C21H20O2/c1-15-10-12-16(13-11-15)19(18-8-5-9-20(18)22)14-21(23)17-6-3-2-4-7-17/h2-4,6-8,10-13,19H,5,9,14H2,1H3. The predicted molar refractivity (Wildman–Crippen MR) is 91.6 cm³/mol. The third-order valence-electron chi connectivity index (χ3n) is 4.40. The summed E-state index contributed by atoms with van der Waals surface area (Å²) < 4.78 is 0. The van der Waals surface area contributed by atoms with Gasteiger partial charge in [-0.2, -0.15) is 0 Å². The molecular weight excluding hydrogens is 284 g/mol. The molecule has 1 unspecified atom stereocenters. The van der Waals surface area contributed by atoms with Gasteiger partial charge in [-0.3, -0.25) is 9.59 Å². The van der Waals surface area contributed by atoms with Crippen LogP contribution in [0.5, 0.6) is 0 Å². The Bertz CT molecular complexity index is 739. The molecule has 0 aromatic heterocycles. The molecule has 0 spiro atoms. The monoisotopic (exact) mass is 304 g/mol. The van der Waals surface area contributed by atoms with Gasteiger partial charge in [0.2, 0.25) is 0 Å². The van der Waals surface area contributed by atoms with Gasteiger partial charge in [-0.1, -0.05) is 66.2 Å². The fourth-order valence-electron chi connectivity index (χ4n) is 3.09. The van der Waals surface area contributed by atoms with Crippen molar-refractivity contribution in [3.63, 3.8) is 0 Å². The zero-order chi connectivity index (χ0) is 16.2. The van der Waals surface area contributed by atoms with Crippen LogP contribution in [0.2, 0.25) is 0 Å². The van der Waals surface area contributed by atoms with Crippen LogP contribution in [0.3, 0.4) is 0 Å². The maximum absolute atomic E-state index is 12.6. The molecule has 0 amide bonds. The third-order valence-corrected chi connectivity index (χ3v) is 4.40. The SMILES string of the molecule is Cc1ccc(C(CC(=O)c2ccccc2)C2=CCCC2=O)cc1. The number of allylic oxidation sites excluding steroid dienone is 2. The summed E-state index contributed by atoms with van der Waals surface area (Å²) in [6.07, 6.45) is 3.70. The van der Waals surface area contributed by atoms with Crippen molar-refractivity contribution in [2.75, 3.05) is 0 Å². The number of hydrogen-bond donors (Lipinski definition) is 0. The van der Waals surface area contributed by atoms with Crippen LogP contribution in [0, 0.1) is 6.92 Å². The molecule has 2 nitrogen and oxygen atoms in total. The van der Waals surface area contributed by atoms with Gasteiger partial charge in [-0.15, -0.1) is 0 Å². The second-order valence-electron chi connectivity index (χ2n) is 6.08. The van der Waals surface area contributed by atoms with E-state index in [1.165, 1.54) is 5.56 Å². The van der Waals surface area contributed by atoms with Crippen LogP contribution in [-0.4, -0.2) is 11.6 Å². The molecule has 1 atom stereocenters. The largest absolute Gasteiger partial charge is 0.295 e. The second kappa shape index (κ2) is 6.74. The smallest absolute Gasteiger partial charge is 0.163 e. The van der Waals surface area contributed by atoms with Gasteiger partial charge in [0.25, 0.3) is 0 Å². The van der Waals surface area contributed by atoms with Gasteiger partial charge in [-0.05, 0) is 24.5 Å². The van der Waals surface area contributed by atoms with Gasteiger partial charge in [0.15, 0.2) is 11.6 Å². The molecule has 23 heavy (non-hydrogen) atoms. The number of benzene rings is 2. The molecule has 0 aliphatic heterocycles. The normalized spacial score (nSPS) is 15.3. The van der Waals surface area contributed by atoms with Crippen molar-refractivity contribution in [2.24, 2.45) is 0 Å². The molecule has 0 saturated heterocycles. The first-order chi connectivity index (χ1) is 11.1. The molecule has 0 N–H and O–H groups in total. The molecule has 0 heterocycles. The fourth-order valence-corrected chi connectivity index (χ4v) is 3.09. The van der Waals surface area contributed by atoms with E-state index in [-0.39, 0.29) is 17.5 Å². The van der Waals surface area contributed by atoms with E-state index in [1.807, 2.05) is 67.6 Å². The van der Waals surface area contributed by atoms with Crippen LogP contribution < -0.4 is 0 Å². The lowest BCUT2D eigenvalue weighted by atomic mass is 9.84. The van der Waals surface area contributed by atoms with E-state index >= 15 is 0 Å². The number of aryl methyl sites for hydroxylation is 1. The van der Waals surface area contributed by atoms with E-state index in [0.717, 1.165) is 17.6 Å². The second-order valence-corrected chi connectivity index (χ2v) is 6.08. The molecular formula is C21H20O2. The van der Waals surface area contributed by atoms with E-state index in [4.69, 9.17) is 0 Å². The van der Waals surface area contributed by atoms with E-state index in [9.17, 15) is 9.59 Å². The lowest BCUT2D eigenvalue weighted by molar-refractivity contribution is -0.115. The van der Waals surface area contributed by atoms with Gasteiger partial charge >= 0.3 is 0 Å². The highest BCUT2D eigenvalue weighted by Gasteiger charge is 2.27. The third kappa shape index (κ3) is 3.48. The van der Waals surface area contributed by atoms with Gasteiger partial charge < -0.3 is 0 Å². The minimum Gasteiger partial charge on any atom is -0.295 e. The molecule has 116 valence electrons. The molecule has 1 aliphatic rings. The fraction of sp³-hybridized carbons (Fsp3) is 0.238. The minimum atomic E-state index is -0.140. The van der Waals surface area contributed by atoms with E-state index in [2.05, 4.69) is 0 Å². The summed E-state index contributed by atoms with van der Waals surface area (Å²) in [4.78, 5) is 24.8. The van der Waals surface area contributed by atoms with Crippen molar-refractivity contribution in [3.05, 3.63) is 82.9 Å². The van der Waals surface area contributed by atoms with Crippen molar-refractivity contribution in [1.82, 2.24) is 0 Å². The first-order valence-corrected chi connectivity index (χ1v) is 8.03. The summed E-state index contributed by atoms with van der Waals surface area (Å²) in [6.45, 7) is 2.04. The average Bonchev–Trinajstić information content (AvgIpc) is 3.00. The van der Waals surface area contributed by atoms with Crippen LogP contribution >= 0.6 is 0 Å². The minimum absolute atomic E-state index is 0.0803. The van der Waals surface area contributed by atoms with Crippen molar-refractivity contribution in [1.29, 1.82) is 0 Å². The van der Waals surface area contributed by atoms with Crippen LogP contribution in [0.4, 0.5) is 0 Å². The summed E-state index contributed by atoms with van der Waals surface area (Å²) >= 11 is 0. The van der Waals surface area contributed by atoms with Crippen molar-refractivity contribution < 1.29 is 9.59 Å². The Kier molecular flexibility index (Phi) is 4.52. The van der Waals surface area contributed by atoms with Crippen LogP contribution in [0.25, 0.3) is 0 Å². The highest BCUT2D eigenvalue weighted by atomic mass is 16.1. The molecule has 2 heteroatoms. The van der Waals surface area contributed by atoms with E-state index < -0.39 is 0 Å². The summed E-state index contributed by atoms with van der Waals surface area (Å²) in [5.41, 5.74) is 3.73. The van der Waals surface area contributed by atoms with Crippen molar-refractivity contribution in [3.8, 4) is 0 Å². The molecule has 1 aliphatic carbocycles. The molecule has 3 rings (SSSR count). The van der Waals surface area contributed by atoms with Gasteiger partial charge in [0, 0.05) is 24.3 Å². The number of hydrogen-bond acceptors (Lipinski definition) is 2. The maximum Gasteiger partial charge on any atom is 0.163 e. The predicted octanol–water partition coefficient (Wildman–Crippen LogP) is 4.64. The Labute approximate surface area is 136 Å². The summed E-state index contributed by atoms with van der Waals surface area (Å²) in [6, 6.07) is 17.4. The van der Waals surface area contributed by atoms with Crippen molar-refractivity contribution in [2.45, 2.75) is 32.1 Å². The zero-order valence-electron chi connectivity index (χ0n) is 13.3. The maximum atomic E-state index is 12.6. The highest BCUT2D eigenvalue weighted by Crippen LogP contribution is 2.34. The Morgan fingerprint density at radius 2 is 1.74 bits per heavy atom. The Morgan fingerprint density at radius 1 is 1.04 bits per heavy atom. The first kappa shape index (κ1) is 15.4. The first-order valence-electron chi connectivity index (χ1n) is 8.03. The van der Waals surface area contributed by atoms with Crippen LogP contribution in [-0.2, 0) is 4.79 Å². The topological polar surface area (TPSA) is 34.1 Å². The number of Topliss-reactive ketones (excluding diaryl/α,β-unsaturated/α-hetero) is 2. The van der Waals surface area contributed by atoms with Crippen LogP contribution in [0.15, 0.2) is 66.2 Å². The van der Waals surface area contributed by atoms with Gasteiger partial charge in [-0.25, -0.2) is 0 Å². The summed E-state index contributed by atoms with van der Waals surface area (Å²) in [5.74, 6) is 0.117. The van der Waals surface area contributed by atoms with E-state index in [0.29, 0.717) is 18.4 Å². The molecule has 0 bridgehead atoms. The molecule has 0 saturated carbocycles. The molecule has 2 aromatic carbocycles. The summed E-state index contributed by atoms with van der Waals surface area (Å²) in [5, 5.41) is 0. The Morgan fingerprint density at radius 3 is 2.35 bits per heavy atom. The van der Waals surface area contributed by atoms with Gasteiger partial charge in [0.1, 0.15) is 0 Å². The van der Waals surface area contributed by atoms with Gasteiger partial charge in [0.05, 0.1) is 0 Å². The Balaban J connectivity index is 1.91. The number of carbonyl (C=O) groups is 2. The quantitative estimate of drug-likeness (QED) is 0.754. The Hall–Kier alpha value is -2.48. The number of rotatable bonds is 5. The average molecular weight is 304 g/mol. The number of carbonyl (C=O) groups excluding carboxylic acids is 2. The molecule has 2 aromatic rings. The van der Waals surface area contributed by atoms with Crippen LogP contribution in [0.1, 0.15) is 46.7 Å². The van der Waals surface area contributed by atoms with E-state index in [1.54, 1.807) is 0 Å². The zero-order valence-corrected chi connectivity index (χ0v) is 13.3. The lowest BCUT2D eigenvalue weighted by Crippen LogP contribution is -2.13. The lowest BCUT2D eigenvalue weighted by Gasteiger charge is -2.18. The molecule has 0 fully saturated rings. The molecule has 0 radical (unpaired) electrons.